The monoisotopic (exact) mass is 468 g/mol. The van der Waals surface area contributed by atoms with Gasteiger partial charge in [0.2, 0.25) is 5.91 Å². The average molecular weight is 469 g/mol. The Balaban J connectivity index is 1.26. The minimum atomic E-state index is 0.0253. The Labute approximate surface area is 202 Å². The van der Waals surface area contributed by atoms with Crippen LogP contribution < -0.4 is 24.3 Å². The zero-order valence-corrected chi connectivity index (χ0v) is 20.1. The van der Waals surface area contributed by atoms with Crippen molar-refractivity contribution in [3.8, 4) is 23.0 Å². The Morgan fingerprint density at radius 1 is 1.00 bits per heavy atom. The molecule has 0 aliphatic carbocycles. The van der Waals surface area contributed by atoms with Gasteiger partial charge < -0.3 is 29.2 Å². The van der Waals surface area contributed by atoms with Crippen LogP contribution in [0.15, 0.2) is 42.5 Å². The number of hydrogen-bond acceptors (Lipinski definition) is 6. The molecule has 0 saturated carbocycles. The van der Waals surface area contributed by atoms with Gasteiger partial charge in [0, 0.05) is 12.6 Å². The molecule has 0 spiro atoms. The minimum absolute atomic E-state index is 0.0253. The number of amides is 1. The summed E-state index contributed by atoms with van der Waals surface area (Å²) in [5, 5.41) is 3.25. The van der Waals surface area contributed by atoms with Gasteiger partial charge in [-0.2, -0.15) is 0 Å². The van der Waals surface area contributed by atoms with E-state index in [1.165, 1.54) is 18.4 Å². The van der Waals surface area contributed by atoms with Crippen LogP contribution in [0.4, 0.5) is 0 Å². The molecule has 34 heavy (non-hydrogen) atoms. The topological polar surface area (TPSA) is 69.3 Å². The van der Waals surface area contributed by atoms with Gasteiger partial charge in [-0.1, -0.05) is 6.07 Å². The molecule has 0 bridgehead atoms. The number of likely N-dealkylation sites (tertiary alicyclic amines) is 1. The van der Waals surface area contributed by atoms with E-state index in [9.17, 15) is 4.79 Å². The maximum Gasteiger partial charge on any atom is 0.223 e. The predicted octanol–water partition coefficient (Wildman–Crippen LogP) is 3.84. The van der Waals surface area contributed by atoms with Crippen molar-refractivity contribution in [2.75, 3.05) is 46.1 Å². The number of carbonyl (C=O) groups is 1. The molecule has 2 heterocycles. The zero-order chi connectivity index (χ0) is 23.6. The lowest BCUT2D eigenvalue weighted by Gasteiger charge is -2.25. The van der Waals surface area contributed by atoms with Crippen LogP contribution in [0.3, 0.4) is 0 Å². The number of rotatable bonds is 12. The van der Waals surface area contributed by atoms with Gasteiger partial charge >= 0.3 is 0 Å². The Hall–Kier alpha value is -2.93. The summed E-state index contributed by atoms with van der Waals surface area (Å²) >= 11 is 0. The number of benzene rings is 2. The molecule has 0 radical (unpaired) electrons. The average Bonchev–Trinajstić information content (AvgIpc) is 3.37. The fourth-order valence-corrected chi connectivity index (χ4v) is 4.43. The highest BCUT2D eigenvalue weighted by Crippen LogP contribution is 2.31. The lowest BCUT2D eigenvalue weighted by atomic mass is 10.0. The first-order valence-electron chi connectivity index (χ1n) is 12.5. The van der Waals surface area contributed by atoms with E-state index >= 15 is 0 Å². The quantitative estimate of drug-likeness (QED) is 0.511. The van der Waals surface area contributed by atoms with Gasteiger partial charge in [0.25, 0.3) is 0 Å². The molecule has 2 aromatic carbocycles. The highest BCUT2D eigenvalue weighted by atomic mass is 16.6. The molecule has 2 aliphatic rings. The van der Waals surface area contributed by atoms with Crippen molar-refractivity contribution in [1.29, 1.82) is 0 Å². The molecule has 4 rings (SSSR count). The van der Waals surface area contributed by atoms with E-state index in [0.717, 1.165) is 55.5 Å². The molecule has 7 nitrogen and oxygen atoms in total. The van der Waals surface area contributed by atoms with E-state index in [2.05, 4.69) is 22.3 Å². The fraction of sp³-hybridized carbons (Fsp3) is 0.519. The maximum atomic E-state index is 12.7. The number of fused-ring (bicyclic) bond motifs is 1. The van der Waals surface area contributed by atoms with E-state index in [1.807, 2.05) is 37.3 Å². The summed E-state index contributed by atoms with van der Waals surface area (Å²) < 4.78 is 22.5. The van der Waals surface area contributed by atoms with Crippen LogP contribution in [0.5, 0.6) is 23.0 Å². The molecule has 1 saturated heterocycles. The molecule has 1 atom stereocenters. The Morgan fingerprint density at radius 3 is 2.44 bits per heavy atom. The molecular formula is C27H36N2O5. The number of nitrogens with one attached hydrogen (secondary N) is 1. The largest absolute Gasteiger partial charge is 0.494 e. The molecule has 1 unspecified atom stereocenters. The van der Waals surface area contributed by atoms with Gasteiger partial charge in [0.15, 0.2) is 11.5 Å². The standard InChI is InChI=1S/C27H36N2O5/c1-2-31-23-8-10-24(11-9-23)32-16-13-27(30)28-22(20-29-14-3-4-15-29)7-5-21-6-12-25-26(19-21)34-18-17-33-25/h6,8-12,19,22H,2-5,7,13-18,20H2,1H3,(H,28,30). The van der Waals surface area contributed by atoms with Crippen molar-refractivity contribution in [1.82, 2.24) is 10.2 Å². The van der Waals surface area contributed by atoms with Crippen LogP contribution in [0, 0.1) is 0 Å². The first kappa shape index (κ1) is 24.2. The Kier molecular flexibility index (Phi) is 8.90. The summed E-state index contributed by atoms with van der Waals surface area (Å²) in [6.45, 7) is 7.22. The van der Waals surface area contributed by atoms with E-state index in [4.69, 9.17) is 18.9 Å². The van der Waals surface area contributed by atoms with Crippen molar-refractivity contribution in [3.05, 3.63) is 48.0 Å². The molecular weight excluding hydrogens is 432 g/mol. The SMILES string of the molecule is CCOc1ccc(OCCC(=O)NC(CCc2ccc3c(c2)OCCO3)CN2CCCC2)cc1. The Bertz CT molecular complexity index is 912. The number of ether oxygens (including phenoxy) is 4. The zero-order valence-electron chi connectivity index (χ0n) is 20.1. The highest BCUT2D eigenvalue weighted by Gasteiger charge is 2.20. The smallest absolute Gasteiger partial charge is 0.223 e. The Morgan fingerprint density at radius 2 is 1.71 bits per heavy atom. The lowest BCUT2D eigenvalue weighted by Crippen LogP contribution is -2.43. The van der Waals surface area contributed by atoms with Crippen LogP contribution in [-0.4, -0.2) is 62.9 Å². The first-order chi connectivity index (χ1) is 16.7. The number of carbonyl (C=O) groups excluding carboxylic acids is 1. The number of nitrogens with zero attached hydrogens (tertiary/aromatic N) is 1. The maximum absolute atomic E-state index is 12.7. The minimum Gasteiger partial charge on any atom is -0.494 e. The van der Waals surface area contributed by atoms with Crippen LogP contribution >= 0.6 is 0 Å². The van der Waals surface area contributed by atoms with Gasteiger partial charge in [-0.15, -0.1) is 0 Å². The molecule has 1 amide bonds. The van der Waals surface area contributed by atoms with Crippen LogP contribution in [-0.2, 0) is 11.2 Å². The van der Waals surface area contributed by atoms with Crippen molar-refractivity contribution in [2.45, 2.75) is 45.1 Å². The summed E-state index contributed by atoms with van der Waals surface area (Å²) in [5.41, 5.74) is 1.20. The molecule has 7 heteroatoms. The van der Waals surface area contributed by atoms with Crippen molar-refractivity contribution < 1.29 is 23.7 Å². The van der Waals surface area contributed by atoms with Gasteiger partial charge in [0.05, 0.1) is 19.6 Å². The summed E-state index contributed by atoms with van der Waals surface area (Å²) in [6, 6.07) is 13.7. The third-order valence-electron chi connectivity index (χ3n) is 6.16. The molecule has 0 aromatic heterocycles. The first-order valence-corrected chi connectivity index (χ1v) is 12.5. The summed E-state index contributed by atoms with van der Waals surface area (Å²) in [7, 11) is 0. The number of hydrogen-bond donors (Lipinski definition) is 1. The molecule has 1 fully saturated rings. The molecule has 2 aliphatic heterocycles. The summed E-state index contributed by atoms with van der Waals surface area (Å²) in [6.07, 6.45) is 4.55. The van der Waals surface area contributed by atoms with Crippen LogP contribution in [0.2, 0.25) is 0 Å². The van der Waals surface area contributed by atoms with Gasteiger partial charge in [-0.05, 0) is 87.7 Å². The van der Waals surface area contributed by atoms with Gasteiger partial charge in [-0.3, -0.25) is 4.79 Å². The third kappa shape index (κ3) is 7.29. The number of aryl methyl sites for hydroxylation is 1. The third-order valence-corrected chi connectivity index (χ3v) is 6.16. The second kappa shape index (κ2) is 12.5. The van der Waals surface area contributed by atoms with E-state index in [-0.39, 0.29) is 11.9 Å². The summed E-state index contributed by atoms with van der Waals surface area (Å²) in [5.74, 6) is 3.20. The molecule has 184 valence electrons. The lowest BCUT2D eigenvalue weighted by molar-refractivity contribution is -0.122. The van der Waals surface area contributed by atoms with Crippen molar-refractivity contribution >= 4 is 5.91 Å². The molecule has 2 aromatic rings. The van der Waals surface area contributed by atoms with Crippen LogP contribution in [0.1, 0.15) is 38.2 Å². The summed E-state index contributed by atoms with van der Waals surface area (Å²) in [4.78, 5) is 15.1. The van der Waals surface area contributed by atoms with Gasteiger partial charge in [-0.25, -0.2) is 0 Å². The van der Waals surface area contributed by atoms with Gasteiger partial charge in [0.1, 0.15) is 24.7 Å². The van der Waals surface area contributed by atoms with E-state index in [1.54, 1.807) is 0 Å². The highest BCUT2D eigenvalue weighted by molar-refractivity contribution is 5.76. The predicted molar refractivity (Wildman–Crippen MR) is 131 cm³/mol. The van der Waals surface area contributed by atoms with E-state index in [0.29, 0.717) is 32.8 Å². The van der Waals surface area contributed by atoms with Crippen molar-refractivity contribution in [2.24, 2.45) is 0 Å². The van der Waals surface area contributed by atoms with E-state index < -0.39 is 0 Å². The fourth-order valence-electron chi connectivity index (χ4n) is 4.43. The molecule has 1 N–H and O–H groups in total. The normalized spacial score (nSPS) is 16.1. The second-order valence-corrected chi connectivity index (χ2v) is 8.79. The van der Waals surface area contributed by atoms with Crippen LogP contribution in [0.25, 0.3) is 0 Å². The second-order valence-electron chi connectivity index (χ2n) is 8.79. The van der Waals surface area contributed by atoms with Crippen molar-refractivity contribution in [3.63, 3.8) is 0 Å².